The summed E-state index contributed by atoms with van der Waals surface area (Å²) in [6, 6.07) is 0. The third-order valence-electron chi connectivity index (χ3n) is 2.52. The van der Waals surface area contributed by atoms with Crippen molar-refractivity contribution in [3.8, 4) is 0 Å². The van der Waals surface area contributed by atoms with Crippen molar-refractivity contribution in [2.45, 2.75) is 38.7 Å². The van der Waals surface area contributed by atoms with Gasteiger partial charge in [0, 0.05) is 27.2 Å². The maximum absolute atomic E-state index is 11.7. The Morgan fingerprint density at radius 1 is 1.47 bits per heavy atom. The van der Waals surface area contributed by atoms with Crippen molar-refractivity contribution in [1.82, 2.24) is 4.90 Å². The van der Waals surface area contributed by atoms with Gasteiger partial charge in [-0.25, -0.2) is 0 Å². The Morgan fingerprint density at radius 2 is 2.13 bits per heavy atom. The fourth-order valence-corrected chi connectivity index (χ4v) is 1.34. The molecule has 1 amide bonds. The van der Waals surface area contributed by atoms with Crippen LogP contribution in [0.15, 0.2) is 0 Å². The SMILES string of the molecule is CCCCCN(C)C(=O)CC(CN)OC. The smallest absolute Gasteiger partial charge is 0.224 e. The quantitative estimate of drug-likeness (QED) is 0.616. The summed E-state index contributed by atoms with van der Waals surface area (Å²) < 4.78 is 5.07. The van der Waals surface area contributed by atoms with Crippen LogP contribution >= 0.6 is 0 Å². The third-order valence-corrected chi connectivity index (χ3v) is 2.52. The van der Waals surface area contributed by atoms with Gasteiger partial charge in [0.1, 0.15) is 0 Å². The molecule has 0 heterocycles. The minimum atomic E-state index is -0.147. The van der Waals surface area contributed by atoms with Gasteiger partial charge in [0.2, 0.25) is 5.91 Å². The van der Waals surface area contributed by atoms with Gasteiger partial charge in [-0.15, -0.1) is 0 Å². The molecule has 0 bridgehead atoms. The van der Waals surface area contributed by atoms with Crippen molar-refractivity contribution < 1.29 is 9.53 Å². The second-order valence-electron chi connectivity index (χ2n) is 3.82. The van der Waals surface area contributed by atoms with Crippen LogP contribution in [0, 0.1) is 0 Å². The molecule has 0 aromatic carbocycles. The lowest BCUT2D eigenvalue weighted by Gasteiger charge is -2.20. The van der Waals surface area contributed by atoms with Crippen molar-refractivity contribution in [3.05, 3.63) is 0 Å². The lowest BCUT2D eigenvalue weighted by atomic mass is 10.2. The van der Waals surface area contributed by atoms with Crippen LogP contribution in [0.25, 0.3) is 0 Å². The molecule has 0 saturated heterocycles. The molecule has 0 aliphatic rings. The number of hydrogen-bond donors (Lipinski definition) is 1. The average Bonchev–Trinajstić information content (AvgIpc) is 2.25. The Morgan fingerprint density at radius 3 is 2.60 bits per heavy atom. The maximum Gasteiger partial charge on any atom is 0.224 e. The normalized spacial score (nSPS) is 12.5. The molecule has 0 aliphatic heterocycles. The van der Waals surface area contributed by atoms with Crippen molar-refractivity contribution in [2.75, 3.05) is 27.2 Å². The average molecular weight is 216 g/mol. The minimum absolute atomic E-state index is 0.114. The molecule has 1 atom stereocenters. The molecule has 0 saturated carbocycles. The Labute approximate surface area is 92.8 Å². The summed E-state index contributed by atoms with van der Waals surface area (Å²) in [5.74, 6) is 0.114. The number of hydrogen-bond acceptors (Lipinski definition) is 3. The van der Waals surface area contributed by atoms with Crippen LogP contribution in [0.2, 0.25) is 0 Å². The van der Waals surface area contributed by atoms with Crippen molar-refractivity contribution >= 4 is 5.91 Å². The standard InChI is InChI=1S/C11H24N2O2/c1-4-5-6-7-13(2)11(14)8-10(9-12)15-3/h10H,4-9,12H2,1-3H3. The van der Waals surface area contributed by atoms with Gasteiger partial charge in [0.25, 0.3) is 0 Å². The van der Waals surface area contributed by atoms with E-state index in [9.17, 15) is 4.79 Å². The lowest BCUT2D eigenvalue weighted by molar-refractivity contribution is -0.132. The molecule has 0 spiro atoms. The molecule has 0 aliphatic carbocycles. The minimum Gasteiger partial charge on any atom is -0.380 e. The Hall–Kier alpha value is -0.610. The first kappa shape index (κ1) is 14.4. The second kappa shape index (κ2) is 8.68. The van der Waals surface area contributed by atoms with E-state index in [1.807, 2.05) is 7.05 Å². The second-order valence-corrected chi connectivity index (χ2v) is 3.82. The molecule has 0 aromatic heterocycles. The van der Waals surface area contributed by atoms with E-state index in [4.69, 9.17) is 10.5 Å². The van der Waals surface area contributed by atoms with E-state index in [0.717, 1.165) is 13.0 Å². The summed E-state index contributed by atoms with van der Waals surface area (Å²) in [4.78, 5) is 13.4. The highest BCUT2D eigenvalue weighted by Gasteiger charge is 2.14. The topological polar surface area (TPSA) is 55.6 Å². The highest BCUT2D eigenvalue weighted by Crippen LogP contribution is 2.02. The Bertz CT molecular complexity index is 170. The molecule has 0 rings (SSSR count). The lowest BCUT2D eigenvalue weighted by Crippen LogP contribution is -2.34. The number of rotatable bonds is 8. The van der Waals surface area contributed by atoms with Crippen LogP contribution in [-0.2, 0) is 9.53 Å². The van der Waals surface area contributed by atoms with Gasteiger partial charge >= 0.3 is 0 Å². The van der Waals surface area contributed by atoms with E-state index < -0.39 is 0 Å². The van der Waals surface area contributed by atoms with Gasteiger partial charge in [-0.2, -0.15) is 0 Å². The molecule has 4 heteroatoms. The Kier molecular flexibility index (Phi) is 8.33. The number of nitrogens with two attached hydrogens (primary N) is 1. The van der Waals surface area contributed by atoms with Crippen LogP contribution < -0.4 is 5.73 Å². The first-order valence-electron chi connectivity index (χ1n) is 5.62. The van der Waals surface area contributed by atoms with Crippen LogP contribution in [0.3, 0.4) is 0 Å². The van der Waals surface area contributed by atoms with Crippen molar-refractivity contribution in [3.63, 3.8) is 0 Å². The maximum atomic E-state index is 11.7. The van der Waals surface area contributed by atoms with Crippen LogP contribution in [0.1, 0.15) is 32.6 Å². The highest BCUT2D eigenvalue weighted by atomic mass is 16.5. The van der Waals surface area contributed by atoms with E-state index in [1.54, 1.807) is 12.0 Å². The van der Waals surface area contributed by atoms with Gasteiger partial charge in [-0.05, 0) is 6.42 Å². The number of carbonyl (C=O) groups excluding carboxylic acids is 1. The van der Waals surface area contributed by atoms with E-state index in [1.165, 1.54) is 12.8 Å². The summed E-state index contributed by atoms with van der Waals surface area (Å²) in [7, 11) is 3.42. The van der Waals surface area contributed by atoms with E-state index in [-0.39, 0.29) is 12.0 Å². The van der Waals surface area contributed by atoms with Crippen molar-refractivity contribution in [2.24, 2.45) is 5.73 Å². The first-order chi connectivity index (χ1) is 7.15. The number of nitrogens with zero attached hydrogens (tertiary/aromatic N) is 1. The molecule has 90 valence electrons. The predicted octanol–water partition coefficient (Wildman–Crippen LogP) is 0.999. The zero-order valence-electron chi connectivity index (χ0n) is 10.2. The van der Waals surface area contributed by atoms with Crippen LogP contribution in [0.5, 0.6) is 0 Å². The van der Waals surface area contributed by atoms with Gasteiger partial charge in [-0.1, -0.05) is 19.8 Å². The summed E-state index contributed by atoms with van der Waals surface area (Å²) in [6.07, 6.45) is 3.65. The van der Waals surface area contributed by atoms with E-state index in [0.29, 0.717) is 13.0 Å². The fraction of sp³-hybridized carbons (Fsp3) is 0.909. The zero-order chi connectivity index (χ0) is 11.7. The molecule has 0 fully saturated rings. The number of amides is 1. The van der Waals surface area contributed by atoms with Gasteiger partial charge in [0.05, 0.1) is 12.5 Å². The summed E-state index contributed by atoms with van der Waals surface area (Å²) in [6.45, 7) is 3.37. The van der Waals surface area contributed by atoms with Gasteiger partial charge in [0.15, 0.2) is 0 Å². The zero-order valence-corrected chi connectivity index (χ0v) is 10.2. The Balaban J connectivity index is 3.77. The predicted molar refractivity (Wildman–Crippen MR) is 61.6 cm³/mol. The third kappa shape index (κ3) is 6.47. The largest absolute Gasteiger partial charge is 0.380 e. The summed E-state index contributed by atoms with van der Waals surface area (Å²) in [5, 5.41) is 0. The van der Waals surface area contributed by atoms with Crippen LogP contribution in [0.4, 0.5) is 0 Å². The molecule has 4 nitrogen and oxygen atoms in total. The molecule has 1 unspecified atom stereocenters. The van der Waals surface area contributed by atoms with E-state index >= 15 is 0 Å². The fourth-order valence-electron chi connectivity index (χ4n) is 1.34. The molecule has 0 aromatic rings. The first-order valence-corrected chi connectivity index (χ1v) is 5.62. The number of methoxy groups -OCH3 is 1. The number of ether oxygens (including phenoxy) is 1. The summed E-state index contributed by atoms with van der Waals surface area (Å²) in [5.41, 5.74) is 5.46. The molecular formula is C11H24N2O2. The molecular weight excluding hydrogens is 192 g/mol. The van der Waals surface area contributed by atoms with Crippen molar-refractivity contribution in [1.29, 1.82) is 0 Å². The molecule has 0 radical (unpaired) electrons. The van der Waals surface area contributed by atoms with Crippen LogP contribution in [-0.4, -0.2) is 44.2 Å². The number of carbonyl (C=O) groups is 1. The highest BCUT2D eigenvalue weighted by molar-refractivity contribution is 5.76. The molecule has 2 N–H and O–H groups in total. The van der Waals surface area contributed by atoms with Gasteiger partial charge < -0.3 is 15.4 Å². The molecule has 15 heavy (non-hydrogen) atoms. The number of unbranched alkanes of at least 4 members (excludes halogenated alkanes) is 2. The summed E-state index contributed by atoms with van der Waals surface area (Å²) >= 11 is 0. The van der Waals surface area contributed by atoms with Gasteiger partial charge in [-0.3, -0.25) is 4.79 Å². The van der Waals surface area contributed by atoms with E-state index in [2.05, 4.69) is 6.92 Å². The monoisotopic (exact) mass is 216 g/mol.